The van der Waals surface area contributed by atoms with Gasteiger partial charge in [-0.05, 0) is 26.0 Å². The van der Waals surface area contributed by atoms with E-state index in [1.54, 1.807) is 6.92 Å². The molecule has 1 unspecified atom stereocenters. The number of aryl methyl sites for hydroxylation is 1. The lowest BCUT2D eigenvalue weighted by Crippen LogP contribution is -2.45. The van der Waals surface area contributed by atoms with Crippen molar-refractivity contribution in [1.82, 2.24) is 10.6 Å². The summed E-state index contributed by atoms with van der Waals surface area (Å²) in [5.41, 5.74) is 0.937. The number of nitrogens with one attached hydrogen (secondary N) is 2. The summed E-state index contributed by atoms with van der Waals surface area (Å²) in [4.78, 5) is 25.8. The molecule has 1 aliphatic heterocycles. The molecule has 2 amide bonds. The van der Waals surface area contributed by atoms with Gasteiger partial charge in [-0.15, -0.1) is 11.3 Å². The molecule has 0 aliphatic carbocycles. The van der Waals surface area contributed by atoms with Crippen molar-refractivity contribution in [3.8, 4) is 0 Å². The molecule has 1 aliphatic rings. The second-order valence-corrected chi connectivity index (χ2v) is 5.73. The zero-order chi connectivity index (χ0) is 14.7. The fourth-order valence-electron chi connectivity index (χ4n) is 2.00. The second-order valence-electron chi connectivity index (χ2n) is 4.41. The summed E-state index contributed by atoms with van der Waals surface area (Å²) in [7, 11) is 0. The van der Waals surface area contributed by atoms with Crippen molar-refractivity contribution in [1.29, 1.82) is 0 Å². The molecule has 0 saturated heterocycles. The average Bonchev–Trinajstić information content (AvgIpc) is 2.81. The maximum Gasteiger partial charge on any atom is 0.338 e. The highest BCUT2D eigenvalue weighted by Crippen LogP contribution is 2.31. The third kappa shape index (κ3) is 2.91. The van der Waals surface area contributed by atoms with Crippen LogP contribution in [0.2, 0.25) is 0 Å². The number of allylic oxidation sites excluding steroid dienone is 1. The van der Waals surface area contributed by atoms with Gasteiger partial charge >= 0.3 is 12.0 Å². The van der Waals surface area contributed by atoms with Crippen molar-refractivity contribution in [2.45, 2.75) is 19.9 Å². The molecule has 0 fully saturated rings. The lowest BCUT2D eigenvalue weighted by Gasteiger charge is -2.27. The van der Waals surface area contributed by atoms with Gasteiger partial charge in [-0.25, -0.2) is 9.59 Å². The van der Waals surface area contributed by atoms with Crippen molar-refractivity contribution in [2.24, 2.45) is 0 Å². The van der Waals surface area contributed by atoms with E-state index in [0.717, 1.165) is 9.75 Å². The molecule has 0 spiro atoms. The number of hydrogen-bond acceptors (Lipinski definition) is 4. The van der Waals surface area contributed by atoms with E-state index in [0.29, 0.717) is 11.3 Å². The van der Waals surface area contributed by atoms with Crippen LogP contribution in [0.15, 0.2) is 36.1 Å². The van der Waals surface area contributed by atoms with E-state index in [1.807, 2.05) is 19.1 Å². The van der Waals surface area contributed by atoms with Gasteiger partial charge in [-0.1, -0.05) is 12.7 Å². The zero-order valence-corrected chi connectivity index (χ0v) is 12.2. The Labute approximate surface area is 121 Å². The van der Waals surface area contributed by atoms with Gasteiger partial charge in [0.25, 0.3) is 0 Å². The summed E-state index contributed by atoms with van der Waals surface area (Å²) in [6, 6.07) is 3.07. The predicted molar refractivity (Wildman–Crippen MR) is 77.3 cm³/mol. The van der Waals surface area contributed by atoms with E-state index in [9.17, 15) is 9.59 Å². The van der Waals surface area contributed by atoms with Crippen LogP contribution in [0.4, 0.5) is 4.79 Å². The highest BCUT2D eigenvalue weighted by atomic mass is 32.1. The lowest BCUT2D eigenvalue weighted by molar-refractivity contribution is -0.138. The number of amides is 2. The van der Waals surface area contributed by atoms with Crippen molar-refractivity contribution in [3.05, 3.63) is 45.8 Å². The Balaban J connectivity index is 2.36. The van der Waals surface area contributed by atoms with E-state index >= 15 is 0 Å². The summed E-state index contributed by atoms with van der Waals surface area (Å²) in [6.07, 6.45) is 1.51. The molecule has 2 rings (SSSR count). The first-order valence-electron chi connectivity index (χ1n) is 6.15. The predicted octanol–water partition coefficient (Wildman–Crippen LogP) is 2.41. The molecular weight excluding hydrogens is 276 g/mol. The van der Waals surface area contributed by atoms with Crippen LogP contribution in [0, 0.1) is 6.92 Å². The maximum absolute atomic E-state index is 12.2. The summed E-state index contributed by atoms with van der Waals surface area (Å²) in [6.45, 7) is 7.32. The highest BCUT2D eigenvalue weighted by molar-refractivity contribution is 7.12. The maximum atomic E-state index is 12.2. The van der Waals surface area contributed by atoms with Gasteiger partial charge in [0, 0.05) is 15.5 Å². The Kier molecular flexibility index (Phi) is 4.24. The van der Waals surface area contributed by atoms with Gasteiger partial charge in [0.05, 0.1) is 11.6 Å². The molecule has 0 saturated carbocycles. The number of urea groups is 1. The molecule has 0 radical (unpaired) electrons. The molecule has 0 bridgehead atoms. The van der Waals surface area contributed by atoms with Crippen LogP contribution in [-0.4, -0.2) is 18.6 Å². The van der Waals surface area contributed by atoms with Gasteiger partial charge in [0.2, 0.25) is 0 Å². The summed E-state index contributed by atoms with van der Waals surface area (Å²) in [5.74, 6) is -0.453. The first kappa shape index (κ1) is 14.3. The van der Waals surface area contributed by atoms with Crippen LogP contribution in [0.1, 0.15) is 22.7 Å². The van der Waals surface area contributed by atoms with Crippen LogP contribution >= 0.6 is 11.3 Å². The molecule has 0 aromatic carbocycles. The Morgan fingerprint density at radius 3 is 2.85 bits per heavy atom. The molecule has 1 aromatic rings. The summed E-state index contributed by atoms with van der Waals surface area (Å²) >= 11 is 1.54. The van der Waals surface area contributed by atoms with Crippen LogP contribution in [0.5, 0.6) is 0 Å². The quantitative estimate of drug-likeness (QED) is 0.661. The topological polar surface area (TPSA) is 67.4 Å². The molecule has 5 nitrogen and oxygen atoms in total. The Bertz CT molecular complexity index is 589. The molecule has 2 heterocycles. The van der Waals surface area contributed by atoms with E-state index in [4.69, 9.17) is 4.74 Å². The smallest absolute Gasteiger partial charge is 0.338 e. The molecule has 1 aromatic heterocycles. The van der Waals surface area contributed by atoms with Crippen LogP contribution < -0.4 is 10.6 Å². The van der Waals surface area contributed by atoms with Gasteiger partial charge in [-0.3, -0.25) is 0 Å². The van der Waals surface area contributed by atoms with E-state index in [-0.39, 0.29) is 12.6 Å². The summed E-state index contributed by atoms with van der Waals surface area (Å²) in [5, 5.41) is 5.36. The summed E-state index contributed by atoms with van der Waals surface area (Å²) < 4.78 is 5.09. The number of hydrogen-bond donors (Lipinski definition) is 2. The molecule has 2 N–H and O–H groups in total. The molecule has 6 heteroatoms. The van der Waals surface area contributed by atoms with Crippen molar-refractivity contribution >= 4 is 23.3 Å². The minimum atomic E-state index is -0.472. The van der Waals surface area contributed by atoms with Gasteiger partial charge in [0.15, 0.2) is 0 Å². The molecule has 20 heavy (non-hydrogen) atoms. The van der Waals surface area contributed by atoms with Crippen LogP contribution in [0.3, 0.4) is 0 Å². The fraction of sp³-hybridized carbons (Fsp3) is 0.286. The van der Waals surface area contributed by atoms with Crippen LogP contribution in [-0.2, 0) is 9.53 Å². The van der Waals surface area contributed by atoms with Crippen molar-refractivity contribution < 1.29 is 14.3 Å². The number of ether oxygens (including phenoxy) is 1. The van der Waals surface area contributed by atoms with E-state index in [1.165, 1.54) is 17.4 Å². The average molecular weight is 292 g/mol. The second kappa shape index (κ2) is 5.92. The fourth-order valence-corrected chi connectivity index (χ4v) is 2.94. The number of rotatable bonds is 4. The minimum absolute atomic E-state index is 0.139. The van der Waals surface area contributed by atoms with Gasteiger partial charge < -0.3 is 15.4 Å². The number of esters is 1. The Morgan fingerprint density at radius 2 is 2.25 bits per heavy atom. The standard InChI is InChI=1S/C14H16N2O3S/c1-4-7-19-13(17)11-9(3)15-14(18)16-12(11)10-6-5-8(2)20-10/h4-6,12H,1,7H2,2-3H3,(H2,15,16,18). The number of carbonyl (C=O) groups excluding carboxylic acids is 2. The Hall–Kier alpha value is -2.08. The first-order chi connectivity index (χ1) is 9.52. The minimum Gasteiger partial charge on any atom is -0.458 e. The SMILES string of the molecule is C=CCOC(=O)C1=C(C)NC(=O)NC1c1ccc(C)s1. The van der Waals surface area contributed by atoms with E-state index < -0.39 is 12.0 Å². The monoisotopic (exact) mass is 292 g/mol. The zero-order valence-electron chi connectivity index (χ0n) is 11.4. The third-order valence-corrected chi connectivity index (χ3v) is 3.93. The normalized spacial score (nSPS) is 18.3. The molecule has 106 valence electrons. The lowest BCUT2D eigenvalue weighted by atomic mass is 10.0. The van der Waals surface area contributed by atoms with Crippen LogP contribution in [0.25, 0.3) is 0 Å². The largest absolute Gasteiger partial charge is 0.458 e. The van der Waals surface area contributed by atoms with Crippen molar-refractivity contribution in [2.75, 3.05) is 6.61 Å². The Morgan fingerprint density at radius 1 is 1.50 bits per heavy atom. The van der Waals surface area contributed by atoms with Gasteiger partial charge in [0.1, 0.15) is 6.61 Å². The third-order valence-electron chi connectivity index (χ3n) is 2.87. The highest BCUT2D eigenvalue weighted by Gasteiger charge is 2.32. The number of thiophene rings is 1. The van der Waals surface area contributed by atoms with Gasteiger partial charge in [-0.2, -0.15) is 0 Å². The molecular formula is C14H16N2O3S. The molecule has 1 atom stereocenters. The van der Waals surface area contributed by atoms with E-state index in [2.05, 4.69) is 17.2 Å². The van der Waals surface area contributed by atoms with Crippen molar-refractivity contribution in [3.63, 3.8) is 0 Å². The first-order valence-corrected chi connectivity index (χ1v) is 6.97. The number of carbonyl (C=O) groups is 2.